The predicted molar refractivity (Wildman–Crippen MR) is 105 cm³/mol. The van der Waals surface area contributed by atoms with Crippen LogP contribution in [0.1, 0.15) is 25.6 Å². The van der Waals surface area contributed by atoms with Crippen molar-refractivity contribution in [2.75, 3.05) is 19.0 Å². The van der Waals surface area contributed by atoms with Crippen molar-refractivity contribution in [3.05, 3.63) is 42.6 Å². The molecule has 3 aromatic rings. The average Bonchev–Trinajstić information content (AvgIpc) is 3.46. The van der Waals surface area contributed by atoms with Crippen LogP contribution in [0.3, 0.4) is 0 Å². The normalized spacial score (nSPS) is 14.1. The van der Waals surface area contributed by atoms with E-state index >= 15 is 0 Å². The van der Waals surface area contributed by atoms with E-state index in [1.165, 1.54) is 7.11 Å². The molecule has 144 valence electrons. The monoisotopic (exact) mass is 379 g/mol. The summed E-state index contributed by atoms with van der Waals surface area (Å²) in [6.07, 6.45) is 7.30. The first kappa shape index (κ1) is 17.9. The third-order valence-electron chi connectivity index (χ3n) is 4.37. The molecule has 2 N–H and O–H groups in total. The minimum absolute atomic E-state index is 0.305. The first-order valence-corrected chi connectivity index (χ1v) is 9.16. The lowest BCUT2D eigenvalue weighted by atomic mass is 10.2. The van der Waals surface area contributed by atoms with Crippen molar-refractivity contribution in [2.45, 2.75) is 19.8 Å². The number of oxime groups is 1. The van der Waals surface area contributed by atoms with Crippen LogP contribution in [0.25, 0.3) is 16.9 Å². The second-order valence-corrected chi connectivity index (χ2v) is 6.48. The van der Waals surface area contributed by atoms with Crippen LogP contribution in [0.4, 0.5) is 10.6 Å². The number of hydrogen-bond acceptors (Lipinski definition) is 6. The highest BCUT2D eigenvalue weighted by molar-refractivity contribution is 6.01. The van der Waals surface area contributed by atoms with Gasteiger partial charge in [0, 0.05) is 36.5 Å². The molecule has 1 saturated carbocycles. The van der Waals surface area contributed by atoms with Gasteiger partial charge in [0.2, 0.25) is 0 Å². The smallest absolute Gasteiger partial charge is 0.320 e. The molecular weight excluding hydrogens is 358 g/mol. The van der Waals surface area contributed by atoms with E-state index in [9.17, 15) is 4.79 Å². The molecule has 0 unspecified atom stereocenters. The second kappa shape index (κ2) is 7.63. The zero-order valence-electron chi connectivity index (χ0n) is 15.7. The topological polar surface area (TPSA) is 106 Å². The van der Waals surface area contributed by atoms with Crippen molar-refractivity contribution >= 4 is 23.2 Å². The van der Waals surface area contributed by atoms with Crippen LogP contribution in [-0.4, -0.2) is 44.7 Å². The Bertz CT molecular complexity index is 1030. The van der Waals surface area contributed by atoms with Gasteiger partial charge in [0.25, 0.3) is 0 Å². The van der Waals surface area contributed by atoms with E-state index in [1.54, 1.807) is 18.6 Å². The number of amides is 2. The quantitative estimate of drug-likeness (QED) is 0.506. The largest absolute Gasteiger partial charge is 0.399 e. The number of rotatable bonds is 6. The summed E-state index contributed by atoms with van der Waals surface area (Å²) in [4.78, 5) is 30.5. The highest BCUT2D eigenvalue weighted by Gasteiger charge is 2.32. The number of anilines is 1. The fourth-order valence-corrected chi connectivity index (χ4v) is 2.97. The maximum absolute atomic E-state index is 11.9. The third-order valence-corrected chi connectivity index (χ3v) is 4.37. The van der Waals surface area contributed by atoms with Gasteiger partial charge in [0.15, 0.2) is 11.6 Å². The van der Waals surface area contributed by atoms with Crippen LogP contribution in [0, 0.1) is 5.92 Å². The number of carbonyl (C=O) groups excluding carboxylic acids is 1. The minimum atomic E-state index is -0.305. The molecule has 0 bridgehead atoms. The second-order valence-electron chi connectivity index (χ2n) is 6.48. The summed E-state index contributed by atoms with van der Waals surface area (Å²) in [6, 6.07) is 5.36. The van der Waals surface area contributed by atoms with Gasteiger partial charge in [-0.2, -0.15) is 0 Å². The number of aromatic nitrogens is 4. The summed E-state index contributed by atoms with van der Waals surface area (Å²) >= 11 is 0. The summed E-state index contributed by atoms with van der Waals surface area (Å²) in [7, 11) is 1.53. The average molecular weight is 379 g/mol. The van der Waals surface area contributed by atoms with Crippen LogP contribution in [0.2, 0.25) is 0 Å². The molecule has 0 aromatic carbocycles. The number of urea groups is 1. The maximum Gasteiger partial charge on any atom is 0.320 e. The lowest BCUT2D eigenvalue weighted by Crippen LogP contribution is -2.28. The fourth-order valence-electron chi connectivity index (χ4n) is 2.97. The lowest BCUT2D eigenvalue weighted by molar-refractivity contribution is 0.212. The lowest BCUT2D eigenvalue weighted by Gasteiger charge is -2.09. The van der Waals surface area contributed by atoms with Gasteiger partial charge in [-0.1, -0.05) is 5.16 Å². The first-order chi connectivity index (χ1) is 13.7. The van der Waals surface area contributed by atoms with Crippen molar-refractivity contribution in [1.29, 1.82) is 0 Å². The predicted octanol–water partition coefficient (Wildman–Crippen LogP) is 2.69. The molecule has 3 aromatic heterocycles. The maximum atomic E-state index is 11.9. The molecule has 0 radical (unpaired) electrons. The highest BCUT2D eigenvalue weighted by Crippen LogP contribution is 2.34. The molecule has 9 nitrogen and oxygen atoms in total. The van der Waals surface area contributed by atoms with Crippen molar-refractivity contribution in [3.8, 4) is 11.3 Å². The van der Waals surface area contributed by atoms with Crippen molar-refractivity contribution < 1.29 is 9.63 Å². The van der Waals surface area contributed by atoms with E-state index in [0.717, 1.165) is 29.8 Å². The Morgan fingerprint density at radius 3 is 2.93 bits per heavy atom. The van der Waals surface area contributed by atoms with E-state index in [2.05, 4.69) is 25.8 Å². The van der Waals surface area contributed by atoms with E-state index in [-0.39, 0.29) is 6.03 Å². The van der Waals surface area contributed by atoms with E-state index in [1.807, 2.05) is 29.5 Å². The molecule has 0 saturated heterocycles. The molecule has 0 spiro atoms. The van der Waals surface area contributed by atoms with Gasteiger partial charge in [-0.05, 0) is 31.9 Å². The van der Waals surface area contributed by atoms with Crippen molar-refractivity contribution in [3.63, 3.8) is 0 Å². The minimum Gasteiger partial charge on any atom is -0.399 e. The number of hydrogen-bond donors (Lipinski definition) is 2. The van der Waals surface area contributed by atoms with Crippen molar-refractivity contribution in [2.24, 2.45) is 11.1 Å². The van der Waals surface area contributed by atoms with Gasteiger partial charge in [-0.15, -0.1) is 0 Å². The summed E-state index contributed by atoms with van der Waals surface area (Å²) in [5.74, 6) is 1.39. The molecule has 2 amide bonds. The van der Waals surface area contributed by atoms with E-state index in [0.29, 0.717) is 29.8 Å². The Labute approximate surface area is 161 Å². The Kier molecular flexibility index (Phi) is 4.88. The summed E-state index contributed by atoms with van der Waals surface area (Å²) < 4.78 is 1.83. The van der Waals surface area contributed by atoms with Gasteiger partial charge >= 0.3 is 6.03 Å². The number of nitrogens with one attached hydrogen (secondary N) is 2. The van der Waals surface area contributed by atoms with Crippen LogP contribution in [0.5, 0.6) is 0 Å². The Hall–Kier alpha value is -3.49. The van der Waals surface area contributed by atoms with Gasteiger partial charge in [0.1, 0.15) is 18.5 Å². The molecule has 1 fully saturated rings. The van der Waals surface area contributed by atoms with Gasteiger partial charge in [0.05, 0.1) is 11.9 Å². The molecule has 0 aliphatic heterocycles. The Morgan fingerprint density at radius 1 is 1.39 bits per heavy atom. The molecule has 28 heavy (non-hydrogen) atoms. The first-order valence-electron chi connectivity index (χ1n) is 9.16. The van der Waals surface area contributed by atoms with Crippen LogP contribution >= 0.6 is 0 Å². The Morgan fingerprint density at radius 2 is 2.25 bits per heavy atom. The molecule has 1 aliphatic carbocycles. The standard InChI is InChI=1S/C19H21N7O2/c1-3-21-19(27)24-15-11-26-16(23-15)9-14(13-5-4-8-20-10-13)22-18(26)17(25-28-2)12-6-7-12/h4-5,8-12H,3,6-7H2,1-2H3,(H2,21,24,27). The number of fused-ring (bicyclic) bond motifs is 1. The summed E-state index contributed by atoms with van der Waals surface area (Å²) in [5, 5.41) is 9.67. The molecular formula is C19H21N7O2. The SMILES string of the molecule is CCNC(=O)Nc1cn2c(C(=NOC)C3CC3)nc(-c3cccnc3)cc2n1. The zero-order chi connectivity index (χ0) is 19.5. The molecule has 1 aliphatic rings. The zero-order valence-corrected chi connectivity index (χ0v) is 15.7. The molecule has 3 heterocycles. The Balaban J connectivity index is 1.84. The summed E-state index contributed by atoms with van der Waals surface area (Å²) in [6.45, 7) is 2.39. The van der Waals surface area contributed by atoms with Crippen LogP contribution in [0.15, 0.2) is 41.9 Å². The third kappa shape index (κ3) is 3.64. The number of pyridine rings is 1. The van der Waals surface area contributed by atoms with Crippen molar-refractivity contribution in [1.82, 2.24) is 24.7 Å². The molecule has 9 heteroatoms. The van der Waals surface area contributed by atoms with Crippen LogP contribution < -0.4 is 10.6 Å². The van der Waals surface area contributed by atoms with Crippen LogP contribution in [-0.2, 0) is 4.84 Å². The van der Waals surface area contributed by atoms with Gasteiger partial charge < -0.3 is 10.2 Å². The van der Waals surface area contributed by atoms with E-state index in [4.69, 9.17) is 9.82 Å². The summed E-state index contributed by atoms with van der Waals surface area (Å²) in [5.41, 5.74) is 3.04. The number of imidazole rings is 1. The molecule has 0 atom stereocenters. The van der Waals surface area contributed by atoms with Gasteiger partial charge in [-0.25, -0.2) is 14.8 Å². The number of nitrogens with zero attached hydrogens (tertiary/aromatic N) is 5. The van der Waals surface area contributed by atoms with E-state index < -0.39 is 0 Å². The number of carbonyl (C=O) groups is 1. The van der Waals surface area contributed by atoms with Gasteiger partial charge in [-0.3, -0.25) is 14.7 Å². The highest BCUT2D eigenvalue weighted by atomic mass is 16.6. The fraction of sp³-hybridized carbons (Fsp3) is 0.316. The molecule has 4 rings (SSSR count).